The van der Waals surface area contributed by atoms with Gasteiger partial charge in [0.05, 0.1) is 14.2 Å². The van der Waals surface area contributed by atoms with Crippen LogP contribution in [0.15, 0.2) is 47.0 Å². The summed E-state index contributed by atoms with van der Waals surface area (Å²) in [5.74, 6) is 1.19. The highest BCUT2D eigenvalue weighted by Crippen LogP contribution is 2.44. The number of benzene rings is 1. The zero-order valence-corrected chi connectivity index (χ0v) is 16.1. The van der Waals surface area contributed by atoms with Gasteiger partial charge in [-0.05, 0) is 35.6 Å². The molecule has 1 aliphatic carbocycles. The second-order valence-corrected chi connectivity index (χ2v) is 7.83. The summed E-state index contributed by atoms with van der Waals surface area (Å²) in [5, 5.41) is 4.98. The van der Waals surface area contributed by atoms with E-state index < -0.39 is 0 Å². The van der Waals surface area contributed by atoms with Crippen LogP contribution in [0.25, 0.3) is 0 Å². The molecule has 0 unspecified atom stereocenters. The summed E-state index contributed by atoms with van der Waals surface area (Å²) < 4.78 is 10.7. The van der Waals surface area contributed by atoms with Gasteiger partial charge in [0, 0.05) is 40.8 Å². The molecule has 2 atom stereocenters. The first kappa shape index (κ1) is 17.8. The molecule has 0 bridgehead atoms. The smallest absolute Gasteiger partial charge is 0.225 e. The van der Waals surface area contributed by atoms with Crippen molar-refractivity contribution in [3.05, 3.63) is 57.4 Å². The largest absolute Gasteiger partial charge is 0.493 e. The predicted molar refractivity (Wildman–Crippen MR) is 103 cm³/mol. The van der Waals surface area contributed by atoms with Crippen molar-refractivity contribution in [1.29, 1.82) is 0 Å². The quantitative estimate of drug-likeness (QED) is 0.873. The van der Waals surface area contributed by atoms with Crippen LogP contribution in [0.1, 0.15) is 41.5 Å². The van der Waals surface area contributed by atoms with Crippen LogP contribution in [0.5, 0.6) is 11.5 Å². The van der Waals surface area contributed by atoms with Gasteiger partial charge in [-0.15, -0.1) is 11.3 Å². The number of allylic oxidation sites excluding steroid dienone is 2. The molecule has 0 fully saturated rings. The van der Waals surface area contributed by atoms with E-state index in [1.54, 1.807) is 25.6 Å². The Kier molecular flexibility index (Phi) is 4.74. The Hall–Kier alpha value is -2.60. The number of nitrogens with one attached hydrogen (secondary N) is 1. The molecule has 0 saturated carbocycles. The van der Waals surface area contributed by atoms with Crippen LogP contribution in [-0.2, 0) is 9.59 Å². The Balaban J connectivity index is 1.73. The highest BCUT2D eigenvalue weighted by atomic mass is 32.1. The number of rotatable bonds is 4. The number of hydrogen-bond donors (Lipinski definition) is 1. The van der Waals surface area contributed by atoms with Gasteiger partial charge in [-0.25, -0.2) is 0 Å². The van der Waals surface area contributed by atoms with Crippen molar-refractivity contribution in [2.24, 2.45) is 0 Å². The molecule has 1 N–H and O–H groups in total. The molecular weight excluding hydrogens is 362 g/mol. The summed E-state index contributed by atoms with van der Waals surface area (Å²) in [5.41, 5.74) is 2.42. The van der Waals surface area contributed by atoms with Gasteiger partial charge < -0.3 is 14.8 Å². The second-order valence-electron chi connectivity index (χ2n) is 6.86. The van der Waals surface area contributed by atoms with Gasteiger partial charge in [0.25, 0.3) is 0 Å². The van der Waals surface area contributed by atoms with Gasteiger partial charge in [0.1, 0.15) is 0 Å². The lowest BCUT2D eigenvalue weighted by Gasteiger charge is -2.34. The highest BCUT2D eigenvalue weighted by Gasteiger charge is 2.38. The van der Waals surface area contributed by atoms with E-state index in [2.05, 4.69) is 11.4 Å². The van der Waals surface area contributed by atoms with Crippen LogP contribution in [0.2, 0.25) is 0 Å². The maximum atomic E-state index is 13.0. The third kappa shape index (κ3) is 3.25. The van der Waals surface area contributed by atoms with Crippen molar-refractivity contribution in [2.75, 3.05) is 14.2 Å². The van der Waals surface area contributed by atoms with E-state index in [-0.39, 0.29) is 29.9 Å². The molecule has 1 aromatic heterocycles. The van der Waals surface area contributed by atoms with Crippen molar-refractivity contribution < 1.29 is 19.1 Å². The number of methoxy groups -OCH3 is 2. The molecule has 27 heavy (non-hydrogen) atoms. The van der Waals surface area contributed by atoms with E-state index in [0.717, 1.165) is 16.8 Å². The van der Waals surface area contributed by atoms with E-state index in [1.165, 1.54) is 4.88 Å². The molecule has 6 heteroatoms. The Morgan fingerprint density at radius 2 is 1.85 bits per heavy atom. The van der Waals surface area contributed by atoms with Crippen molar-refractivity contribution in [1.82, 2.24) is 5.32 Å². The van der Waals surface area contributed by atoms with Crippen molar-refractivity contribution in [3.8, 4) is 11.5 Å². The molecule has 1 aliphatic heterocycles. The van der Waals surface area contributed by atoms with E-state index in [1.807, 2.05) is 29.6 Å². The molecule has 1 amide bonds. The van der Waals surface area contributed by atoms with Gasteiger partial charge >= 0.3 is 0 Å². The van der Waals surface area contributed by atoms with Crippen LogP contribution in [0.3, 0.4) is 0 Å². The van der Waals surface area contributed by atoms with Crippen LogP contribution in [0.4, 0.5) is 0 Å². The molecule has 140 valence electrons. The first-order chi connectivity index (χ1) is 13.1. The molecule has 5 nitrogen and oxygen atoms in total. The fourth-order valence-electron chi connectivity index (χ4n) is 4.04. The van der Waals surface area contributed by atoms with Gasteiger partial charge in [0.2, 0.25) is 5.91 Å². The standard InChI is InChI=1S/C21H21NO4S/c1-25-17-6-5-12(10-18(17)26-2)14-11-20(24)22-15-8-13(9-16(23)21(14)15)19-4-3-7-27-19/h3-7,10,13-14H,8-9,11H2,1-2H3,(H,22,24)/t13-,14-/m0/s1. The van der Waals surface area contributed by atoms with Crippen LogP contribution in [0, 0.1) is 0 Å². The number of Topliss-reactive ketones (excluding diaryl/α,β-unsaturated/α-hetero) is 1. The molecule has 0 saturated heterocycles. The predicted octanol–water partition coefficient (Wildman–Crippen LogP) is 3.77. The van der Waals surface area contributed by atoms with E-state index in [0.29, 0.717) is 24.3 Å². The van der Waals surface area contributed by atoms with Crippen LogP contribution >= 0.6 is 11.3 Å². The summed E-state index contributed by atoms with van der Waals surface area (Å²) in [6, 6.07) is 9.66. The number of carbonyl (C=O) groups is 2. The molecular formula is C21H21NO4S. The lowest BCUT2D eigenvalue weighted by atomic mass is 9.74. The van der Waals surface area contributed by atoms with Crippen LogP contribution < -0.4 is 14.8 Å². The van der Waals surface area contributed by atoms with Crippen LogP contribution in [-0.4, -0.2) is 25.9 Å². The third-order valence-corrected chi connectivity index (χ3v) is 6.33. The first-order valence-corrected chi connectivity index (χ1v) is 9.80. The lowest BCUT2D eigenvalue weighted by Crippen LogP contribution is -2.38. The number of hydrogen-bond acceptors (Lipinski definition) is 5. The van der Waals surface area contributed by atoms with Gasteiger partial charge in [-0.1, -0.05) is 12.1 Å². The minimum Gasteiger partial charge on any atom is -0.493 e. The second kappa shape index (κ2) is 7.19. The first-order valence-electron chi connectivity index (χ1n) is 8.92. The average Bonchev–Trinajstić information content (AvgIpc) is 3.21. The summed E-state index contributed by atoms with van der Waals surface area (Å²) in [6.07, 6.45) is 1.44. The van der Waals surface area contributed by atoms with Crippen molar-refractivity contribution in [3.63, 3.8) is 0 Å². The Morgan fingerprint density at radius 1 is 1.04 bits per heavy atom. The monoisotopic (exact) mass is 383 g/mol. The summed E-state index contributed by atoms with van der Waals surface area (Å²) in [7, 11) is 3.17. The molecule has 0 radical (unpaired) electrons. The zero-order valence-electron chi connectivity index (χ0n) is 15.3. The molecule has 2 aromatic rings. The fraction of sp³-hybridized carbons (Fsp3) is 0.333. The number of amides is 1. The normalized spacial score (nSPS) is 22.3. The molecule has 4 rings (SSSR count). The number of carbonyl (C=O) groups excluding carboxylic acids is 2. The Morgan fingerprint density at radius 3 is 2.56 bits per heavy atom. The van der Waals surface area contributed by atoms with Crippen molar-refractivity contribution >= 4 is 23.0 Å². The van der Waals surface area contributed by atoms with Gasteiger partial charge in [-0.3, -0.25) is 9.59 Å². The maximum absolute atomic E-state index is 13.0. The average molecular weight is 383 g/mol. The maximum Gasteiger partial charge on any atom is 0.225 e. The zero-order chi connectivity index (χ0) is 19.0. The topological polar surface area (TPSA) is 64.6 Å². The fourth-order valence-corrected chi connectivity index (χ4v) is 4.87. The molecule has 2 heterocycles. The molecule has 2 aliphatic rings. The summed E-state index contributed by atoms with van der Waals surface area (Å²) in [6.45, 7) is 0. The molecule has 1 aromatic carbocycles. The highest BCUT2D eigenvalue weighted by molar-refractivity contribution is 7.10. The summed E-state index contributed by atoms with van der Waals surface area (Å²) in [4.78, 5) is 26.6. The third-order valence-electron chi connectivity index (χ3n) is 5.29. The van der Waals surface area contributed by atoms with E-state index in [4.69, 9.17) is 9.47 Å². The number of thiophene rings is 1. The Bertz CT molecular complexity index is 916. The van der Waals surface area contributed by atoms with E-state index in [9.17, 15) is 9.59 Å². The minimum absolute atomic E-state index is 0.0480. The number of ether oxygens (including phenoxy) is 2. The van der Waals surface area contributed by atoms with Gasteiger partial charge in [0.15, 0.2) is 17.3 Å². The Labute approximate surface area is 162 Å². The lowest BCUT2D eigenvalue weighted by molar-refractivity contribution is -0.122. The molecule has 0 spiro atoms. The minimum atomic E-state index is -0.245. The van der Waals surface area contributed by atoms with Crippen molar-refractivity contribution in [2.45, 2.75) is 31.1 Å². The SMILES string of the molecule is COc1ccc([C@@H]2CC(=O)NC3=C2C(=O)C[C@@H](c2cccs2)C3)cc1OC. The van der Waals surface area contributed by atoms with Gasteiger partial charge in [-0.2, -0.15) is 0 Å². The van der Waals surface area contributed by atoms with E-state index >= 15 is 0 Å². The summed E-state index contributed by atoms with van der Waals surface area (Å²) >= 11 is 1.66. The number of ketones is 1.